The zero-order valence-electron chi connectivity index (χ0n) is 16.2. The van der Waals surface area contributed by atoms with Gasteiger partial charge < -0.3 is 19.7 Å². The normalized spacial score (nSPS) is 12.5. The Morgan fingerprint density at radius 2 is 1.75 bits per heavy atom. The molecule has 144 valence electrons. The molecule has 0 fully saturated rings. The maximum atomic E-state index is 5.67. The zero-order chi connectivity index (χ0) is 19.3. The van der Waals surface area contributed by atoms with Crippen LogP contribution in [0.1, 0.15) is 18.2 Å². The Morgan fingerprint density at radius 3 is 2.54 bits per heavy atom. The number of ether oxygens (including phenoxy) is 2. The quantitative estimate of drug-likeness (QED) is 0.691. The lowest BCUT2D eigenvalue weighted by Crippen LogP contribution is -2.24. The number of nitrogens with one attached hydrogen (secondary N) is 1. The minimum absolute atomic E-state index is 0.568. The van der Waals surface area contributed by atoms with Crippen LogP contribution in [0.5, 0.6) is 11.5 Å². The van der Waals surface area contributed by atoms with E-state index < -0.39 is 0 Å². The lowest BCUT2D eigenvalue weighted by atomic mass is 10.2. The maximum absolute atomic E-state index is 5.67. The number of rotatable bonds is 6. The highest BCUT2D eigenvalue weighted by Crippen LogP contribution is 2.33. The molecular weight excluding hydrogens is 352 g/mol. The van der Waals surface area contributed by atoms with Crippen molar-refractivity contribution < 1.29 is 9.47 Å². The van der Waals surface area contributed by atoms with Crippen LogP contribution in [0, 0.1) is 6.92 Å². The summed E-state index contributed by atoms with van der Waals surface area (Å²) in [4.78, 5) is 11.5. The molecule has 0 atom stereocenters. The van der Waals surface area contributed by atoms with Crippen molar-refractivity contribution in [2.75, 3.05) is 30.0 Å². The van der Waals surface area contributed by atoms with Gasteiger partial charge in [0, 0.05) is 36.6 Å². The minimum Gasteiger partial charge on any atom is -0.486 e. The maximum Gasteiger partial charge on any atom is 0.227 e. The molecule has 0 amide bonds. The molecule has 28 heavy (non-hydrogen) atoms. The smallest absolute Gasteiger partial charge is 0.227 e. The third-order valence-corrected chi connectivity index (χ3v) is 4.54. The molecule has 0 saturated heterocycles. The van der Waals surface area contributed by atoms with E-state index in [4.69, 9.17) is 14.5 Å². The van der Waals surface area contributed by atoms with Crippen molar-refractivity contribution >= 4 is 17.5 Å². The lowest BCUT2D eigenvalue weighted by Gasteiger charge is -2.22. The predicted molar refractivity (Wildman–Crippen MR) is 111 cm³/mol. The largest absolute Gasteiger partial charge is 0.486 e. The first-order valence-electron chi connectivity index (χ1n) is 9.52. The monoisotopic (exact) mass is 376 g/mol. The Hall–Kier alpha value is -3.28. The van der Waals surface area contributed by atoms with Crippen molar-refractivity contribution in [3.63, 3.8) is 0 Å². The van der Waals surface area contributed by atoms with Gasteiger partial charge in [0.05, 0.1) is 0 Å². The van der Waals surface area contributed by atoms with Gasteiger partial charge in [0.1, 0.15) is 19.0 Å². The van der Waals surface area contributed by atoms with Crippen molar-refractivity contribution in [3.05, 3.63) is 65.9 Å². The van der Waals surface area contributed by atoms with Crippen LogP contribution in [-0.4, -0.2) is 29.7 Å². The predicted octanol–water partition coefficient (Wildman–Crippen LogP) is 4.33. The average Bonchev–Trinajstić information content (AvgIpc) is 2.72. The molecule has 0 unspecified atom stereocenters. The van der Waals surface area contributed by atoms with Crippen LogP contribution >= 0.6 is 0 Å². The van der Waals surface area contributed by atoms with E-state index in [9.17, 15) is 0 Å². The Labute approximate surface area is 165 Å². The van der Waals surface area contributed by atoms with Crippen LogP contribution in [-0.2, 0) is 6.54 Å². The average molecular weight is 376 g/mol. The molecule has 1 N–H and O–H groups in total. The highest BCUT2D eigenvalue weighted by Gasteiger charge is 2.14. The van der Waals surface area contributed by atoms with E-state index in [1.807, 2.05) is 37.3 Å². The molecule has 1 aliphatic rings. The molecule has 6 nitrogen and oxygen atoms in total. The number of hydrogen-bond acceptors (Lipinski definition) is 6. The van der Waals surface area contributed by atoms with Gasteiger partial charge in [0.15, 0.2) is 11.5 Å². The van der Waals surface area contributed by atoms with Gasteiger partial charge >= 0.3 is 0 Å². The number of aromatic nitrogens is 2. The Bertz CT molecular complexity index is 947. The Balaban J connectivity index is 1.56. The van der Waals surface area contributed by atoms with Gasteiger partial charge in [-0.25, -0.2) is 4.98 Å². The summed E-state index contributed by atoms with van der Waals surface area (Å²) in [5, 5.41) is 3.36. The fraction of sp³-hybridized carbons (Fsp3) is 0.273. The van der Waals surface area contributed by atoms with Gasteiger partial charge in [-0.05, 0) is 31.5 Å². The molecule has 0 bridgehead atoms. The van der Waals surface area contributed by atoms with Crippen molar-refractivity contribution in [2.45, 2.75) is 20.4 Å². The summed E-state index contributed by atoms with van der Waals surface area (Å²) in [5.41, 5.74) is 3.05. The summed E-state index contributed by atoms with van der Waals surface area (Å²) in [6, 6.07) is 18.1. The second kappa shape index (κ2) is 8.17. The fourth-order valence-electron chi connectivity index (χ4n) is 3.16. The van der Waals surface area contributed by atoms with Crippen LogP contribution in [0.15, 0.2) is 54.6 Å². The molecule has 0 radical (unpaired) electrons. The standard InChI is InChI=1S/C22H24N4O2/c1-3-26(15-17-7-5-4-6-8-17)22-23-16(2)13-21(25-22)24-18-9-10-19-20(14-18)28-12-11-27-19/h4-10,13-14H,3,11-12,15H2,1-2H3,(H,23,24,25). The van der Waals surface area contributed by atoms with Gasteiger partial charge in [-0.3, -0.25) is 0 Å². The minimum atomic E-state index is 0.568. The third-order valence-electron chi connectivity index (χ3n) is 4.54. The van der Waals surface area contributed by atoms with Gasteiger partial charge in [0.25, 0.3) is 0 Å². The Kier molecular flexibility index (Phi) is 5.28. The van der Waals surface area contributed by atoms with E-state index in [2.05, 4.69) is 46.4 Å². The van der Waals surface area contributed by atoms with E-state index >= 15 is 0 Å². The first-order chi connectivity index (χ1) is 13.7. The van der Waals surface area contributed by atoms with Crippen molar-refractivity contribution in [2.24, 2.45) is 0 Å². The summed E-state index contributed by atoms with van der Waals surface area (Å²) in [6.45, 7) is 6.84. The molecule has 4 rings (SSSR count). The highest BCUT2D eigenvalue weighted by atomic mass is 16.6. The zero-order valence-corrected chi connectivity index (χ0v) is 16.2. The van der Waals surface area contributed by atoms with Crippen molar-refractivity contribution in [3.8, 4) is 11.5 Å². The number of anilines is 3. The second-order valence-corrected chi connectivity index (χ2v) is 6.68. The van der Waals surface area contributed by atoms with Gasteiger partial charge in [-0.15, -0.1) is 0 Å². The third kappa shape index (κ3) is 4.17. The molecule has 2 heterocycles. The van der Waals surface area contributed by atoms with Crippen molar-refractivity contribution in [1.29, 1.82) is 0 Å². The number of nitrogens with zero attached hydrogens (tertiary/aromatic N) is 3. The van der Waals surface area contributed by atoms with Crippen molar-refractivity contribution in [1.82, 2.24) is 9.97 Å². The van der Waals surface area contributed by atoms with Crippen LogP contribution in [0.25, 0.3) is 0 Å². The fourth-order valence-corrected chi connectivity index (χ4v) is 3.16. The molecule has 1 aliphatic heterocycles. The number of aryl methyl sites for hydroxylation is 1. The summed E-state index contributed by atoms with van der Waals surface area (Å²) < 4.78 is 11.2. The van der Waals surface area contributed by atoms with Gasteiger partial charge in [-0.2, -0.15) is 4.98 Å². The lowest BCUT2D eigenvalue weighted by molar-refractivity contribution is 0.171. The van der Waals surface area contributed by atoms with E-state index in [0.29, 0.717) is 19.2 Å². The summed E-state index contributed by atoms with van der Waals surface area (Å²) >= 11 is 0. The second-order valence-electron chi connectivity index (χ2n) is 6.68. The van der Waals surface area contributed by atoms with E-state index in [0.717, 1.165) is 41.8 Å². The Morgan fingerprint density at radius 1 is 0.964 bits per heavy atom. The SMILES string of the molecule is CCN(Cc1ccccc1)c1nc(C)cc(Nc2ccc3c(c2)OCCO3)n1. The molecule has 1 aromatic heterocycles. The molecule has 0 aliphatic carbocycles. The van der Waals surface area contributed by atoms with E-state index in [-0.39, 0.29) is 0 Å². The summed E-state index contributed by atoms with van der Waals surface area (Å²) in [7, 11) is 0. The van der Waals surface area contributed by atoms with E-state index in [1.165, 1.54) is 5.56 Å². The van der Waals surface area contributed by atoms with Crippen LogP contribution < -0.4 is 19.7 Å². The first kappa shape index (κ1) is 18.1. The molecule has 0 saturated carbocycles. The number of hydrogen-bond donors (Lipinski definition) is 1. The molecule has 6 heteroatoms. The molecule has 3 aromatic rings. The summed E-state index contributed by atoms with van der Waals surface area (Å²) in [5.74, 6) is 3.00. The number of fused-ring (bicyclic) bond motifs is 1. The van der Waals surface area contributed by atoms with E-state index in [1.54, 1.807) is 0 Å². The summed E-state index contributed by atoms with van der Waals surface area (Å²) in [6.07, 6.45) is 0. The van der Waals surface area contributed by atoms with Crippen LogP contribution in [0.2, 0.25) is 0 Å². The molecule has 0 spiro atoms. The molecular formula is C22H24N4O2. The van der Waals surface area contributed by atoms with Crippen LogP contribution in [0.4, 0.5) is 17.5 Å². The van der Waals surface area contributed by atoms with Gasteiger partial charge in [-0.1, -0.05) is 30.3 Å². The first-order valence-corrected chi connectivity index (χ1v) is 9.52. The number of benzene rings is 2. The molecule has 2 aromatic carbocycles. The topological polar surface area (TPSA) is 59.5 Å². The highest BCUT2D eigenvalue weighted by molar-refractivity contribution is 5.62. The van der Waals surface area contributed by atoms with Gasteiger partial charge in [0.2, 0.25) is 5.95 Å². The van der Waals surface area contributed by atoms with Crippen LogP contribution in [0.3, 0.4) is 0 Å².